The lowest BCUT2D eigenvalue weighted by Crippen LogP contribution is -2.50. The van der Waals surface area contributed by atoms with E-state index in [0.717, 1.165) is 32.4 Å². The minimum absolute atomic E-state index is 0.0535. The van der Waals surface area contributed by atoms with Gasteiger partial charge in [0.15, 0.2) is 5.82 Å². The van der Waals surface area contributed by atoms with Crippen molar-refractivity contribution in [1.29, 1.82) is 0 Å². The van der Waals surface area contributed by atoms with Crippen LogP contribution in [0.1, 0.15) is 31.5 Å². The highest BCUT2D eigenvalue weighted by molar-refractivity contribution is 5.78. The summed E-state index contributed by atoms with van der Waals surface area (Å²) in [5.74, 6) is 1.45. The Kier molecular flexibility index (Phi) is 7.85. The van der Waals surface area contributed by atoms with Crippen molar-refractivity contribution in [3.8, 4) is 5.82 Å². The van der Waals surface area contributed by atoms with Crippen LogP contribution in [0.5, 0.6) is 0 Å². The molecule has 3 aliphatic heterocycles. The number of aromatic nitrogens is 4. The lowest BCUT2D eigenvalue weighted by atomic mass is 9.93. The lowest BCUT2D eigenvalue weighted by molar-refractivity contribution is -0.0359. The SMILES string of the molecule is FC(F)c1nc2ccccc2n1-c1cc(NCC2CCN(C3CCOCC3F)CC2)nc(N2CCOCC2)n1. The first-order chi connectivity index (χ1) is 19.1. The minimum atomic E-state index is -2.76. The summed E-state index contributed by atoms with van der Waals surface area (Å²) in [7, 11) is 0. The number of ether oxygens (including phenoxy) is 2. The van der Waals surface area contributed by atoms with E-state index in [1.165, 1.54) is 4.57 Å². The van der Waals surface area contributed by atoms with Gasteiger partial charge >= 0.3 is 0 Å². The number of nitrogens with zero attached hydrogens (tertiary/aromatic N) is 6. The number of imidazole rings is 1. The zero-order valence-corrected chi connectivity index (χ0v) is 21.8. The molecule has 2 atom stereocenters. The van der Waals surface area contributed by atoms with E-state index < -0.39 is 12.6 Å². The summed E-state index contributed by atoms with van der Waals surface area (Å²) in [6.45, 7) is 5.54. The van der Waals surface area contributed by atoms with Gasteiger partial charge in [-0.3, -0.25) is 9.47 Å². The van der Waals surface area contributed by atoms with E-state index in [2.05, 4.69) is 15.2 Å². The molecule has 2 aromatic heterocycles. The Morgan fingerprint density at radius 3 is 2.51 bits per heavy atom. The quantitative estimate of drug-likeness (QED) is 0.480. The van der Waals surface area contributed by atoms with Gasteiger partial charge in [-0.05, 0) is 50.4 Å². The second kappa shape index (κ2) is 11.6. The fourth-order valence-electron chi connectivity index (χ4n) is 5.80. The van der Waals surface area contributed by atoms with E-state index in [1.807, 2.05) is 4.90 Å². The van der Waals surface area contributed by atoms with Crippen LogP contribution >= 0.6 is 0 Å². The van der Waals surface area contributed by atoms with Gasteiger partial charge in [0.2, 0.25) is 5.95 Å². The number of benzene rings is 1. The second-order valence-electron chi connectivity index (χ2n) is 10.4. The minimum Gasteiger partial charge on any atom is -0.378 e. The van der Waals surface area contributed by atoms with Crippen molar-refractivity contribution in [2.45, 2.75) is 37.9 Å². The first-order valence-corrected chi connectivity index (χ1v) is 13.7. The molecule has 6 rings (SSSR count). The van der Waals surface area contributed by atoms with Crippen LogP contribution in [-0.4, -0.2) is 95.8 Å². The Hall–Kier alpha value is -2.96. The number of likely N-dealkylation sites (tertiary alicyclic amines) is 1. The summed E-state index contributed by atoms with van der Waals surface area (Å²) in [6, 6.07) is 8.74. The fourth-order valence-corrected chi connectivity index (χ4v) is 5.80. The molecular weight excluding hydrogens is 511 g/mol. The molecule has 1 aromatic carbocycles. The van der Waals surface area contributed by atoms with Crippen LogP contribution in [0.15, 0.2) is 30.3 Å². The van der Waals surface area contributed by atoms with Gasteiger partial charge in [0.25, 0.3) is 6.43 Å². The van der Waals surface area contributed by atoms with Crippen LogP contribution in [0.2, 0.25) is 0 Å². The molecule has 0 aliphatic carbocycles. The molecule has 1 N–H and O–H groups in total. The van der Waals surface area contributed by atoms with Crippen LogP contribution < -0.4 is 10.2 Å². The van der Waals surface area contributed by atoms with Gasteiger partial charge < -0.3 is 19.7 Å². The number of rotatable bonds is 7. The summed E-state index contributed by atoms with van der Waals surface area (Å²) in [5, 5.41) is 3.45. The highest BCUT2D eigenvalue weighted by Crippen LogP contribution is 2.30. The average Bonchev–Trinajstić information content (AvgIpc) is 3.37. The maximum atomic E-state index is 14.4. The van der Waals surface area contributed by atoms with Crippen molar-refractivity contribution in [2.75, 3.05) is 69.4 Å². The molecule has 210 valence electrons. The maximum Gasteiger partial charge on any atom is 0.296 e. The number of anilines is 2. The molecule has 3 aliphatic rings. The van der Waals surface area contributed by atoms with Crippen LogP contribution in [-0.2, 0) is 9.47 Å². The predicted molar refractivity (Wildman–Crippen MR) is 142 cm³/mol. The number of morpholine rings is 1. The molecular formula is C27H34F3N7O2. The van der Waals surface area contributed by atoms with Crippen molar-refractivity contribution in [3.63, 3.8) is 0 Å². The molecule has 0 bridgehead atoms. The third kappa shape index (κ3) is 5.68. The largest absolute Gasteiger partial charge is 0.378 e. The molecule has 3 saturated heterocycles. The molecule has 5 heterocycles. The summed E-state index contributed by atoms with van der Waals surface area (Å²) in [6.07, 6.45) is -1.05. The molecule has 39 heavy (non-hydrogen) atoms. The number of hydrogen-bond donors (Lipinski definition) is 1. The molecule has 9 nitrogen and oxygen atoms in total. The van der Waals surface area contributed by atoms with Crippen molar-refractivity contribution < 1.29 is 22.6 Å². The monoisotopic (exact) mass is 545 g/mol. The van der Waals surface area contributed by atoms with Crippen molar-refractivity contribution >= 4 is 22.8 Å². The number of nitrogens with one attached hydrogen (secondary N) is 1. The Morgan fingerprint density at radius 1 is 0.949 bits per heavy atom. The van der Waals surface area contributed by atoms with Crippen LogP contribution in [0.3, 0.4) is 0 Å². The zero-order valence-electron chi connectivity index (χ0n) is 21.8. The Balaban J connectivity index is 1.23. The van der Waals surface area contributed by atoms with E-state index in [-0.39, 0.29) is 18.5 Å². The topological polar surface area (TPSA) is 80.6 Å². The number of para-hydroxylation sites is 2. The lowest BCUT2D eigenvalue weighted by Gasteiger charge is -2.40. The molecule has 0 radical (unpaired) electrons. The third-order valence-electron chi connectivity index (χ3n) is 7.95. The predicted octanol–water partition coefficient (Wildman–Crippen LogP) is 3.84. The van der Waals surface area contributed by atoms with E-state index >= 15 is 0 Å². The van der Waals surface area contributed by atoms with Crippen LogP contribution in [0.4, 0.5) is 24.9 Å². The number of alkyl halides is 3. The normalized spacial score (nSPS) is 23.5. The molecule has 12 heteroatoms. The summed E-state index contributed by atoms with van der Waals surface area (Å²) < 4.78 is 54.7. The average molecular weight is 546 g/mol. The molecule has 0 spiro atoms. The van der Waals surface area contributed by atoms with E-state index in [9.17, 15) is 13.2 Å². The molecule has 0 saturated carbocycles. The highest BCUT2D eigenvalue weighted by atomic mass is 19.3. The van der Waals surface area contributed by atoms with Gasteiger partial charge in [0.1, 0.15) is 17.8 Å². The van der Waals surface area contributed by atoms with Gasteiger partial charge in [-0.1, -0.05) is 12.1 Å². The number of piperidine rings is 1. The fraction of sp³-hybridized carbons (Fsp3) is 0.593. The van der Waals surface area contributed by atoms with Gasteiger partial charge in [0, 0.05) is 38.3 Å². The Bertz CT molecular complexity index is 1260. The third-order valence-corrected chi connectivity index (χ3v) is 7.95. The van der Waals surface area contributed by atoms with E-state index in [1.54, 1.807) is 30.3 Å². The first kappa shape index (κ1) is 26.3. The van der Waals surface area contributed by atoms with Crippen LogP contribution in [0.25, 0.3) is 16.9 Å². The first-order valence-electron chi connectivity index (χ1n) is 13.7. The van der Waals surface area contributed by atoms with E-state index in [0.29, 0.717) is 74.0 Å². The summed E-state index contributed by atoms with van der Waals surface area (Å²) >= 11 is 0. The van der Waals surface area contributed by atoms with Gasteiger partial charge in [0.05, 0.1) is 30.9 Å². The maximum absolute atomic E-state index is 14.4. The summed E-state index contributed by atoms with van der Waals surface area (Å²) in [4.78, 5) is 17.9. The highest BCUT2D eigenvalue weighted by Gasteiger charge is 2.33. The van der Waals surface area contributed by atoms with Crippen molar-refractivity contribution in [2.24, 2.45) is 5.92 Å². The Labute approximate surface area is 225 Å². The number of hydrogen-bond acceptors (Lipinski definition) is 8. The number of halogens is 3. The standard InChI is InChI=1S/C27H34F3N7O2/c28-19-17-39-12-7-21(19)35-8-5-18(6-9-35)16-31-23-15-24(34-27(33-23)36-10-13-38-14-11-36)37-22-4-2-1-3-20(22)32-26(37)25(29)30/h1-4,15,18-19,21,25H,5-14,16-17H2,(H,31,33,34). The van der Waals surface area contributed by atoms with Gasteiger partial charge in [-0.25, -0.2) is 18.2 Å². The smallest absolute Gasteiger partial charge is 0.296 e. The molecule has 0 amide bonds. The van der Waals surface area contributed by atoms with E-state index in [4.69, 9.17) is 19.4 Å². The second-order valence-corrected chi connectivity index (χ2v) is 10.4. The molecule has 2 unspecified atom stereocenters. The molecule has 3 fully saturated rings. The Morgan fingerprint density at radius 2 is 1.74 bits per heavy atom. The number of fused-ring (bicyclic) bond motifs is 1. The van der Waals surface area contributed by atoms with Gasteiger partial charge in [-0.2, -0.15) is 9.97 Å². The van der Waals surface area contributed by atoms with Crippen LogP contribution in [0, 0.1) is 5.92 Å². The van der Waals surface area contributed by atoms with Crippen molar-refractivity contribution in [1.82, 2.24) is 24.4 Å². The van der Waals surface area contributed by atoms with Gasteiger partial charge in [-0.15, -0.1) is 0 Å². The van der Waals surface area contributed by atoms with Crippen molar-refractivity contribution in [3.05, 3.63) is 36.2 Å². The summed E-state index contributed by atoms with van der Waals surface area (Å²) in [5.41, 5.74) is 1.05. The molecule has 3 aromatic rings. The zero-order chi connectivity index (χ0) is 26.8.